The summed E-state index contributed by atoms with van der Waals surface area (Å²) in [6.45, 7) is 0.0555. The van der Waals surface area contributed by atoms with Crippen LogP contribution in [0.15, 0.2) is 30.4 Å². The third-order valence-corrected chi connectivity index (χ3v) is 2.15. The zero-order valence-corrected chi connectivity index (χ0v) is 9.56. The maximum Gasteiger partial charge on any atom is 0.328 e. The van der Waals surface area contributed by atoms with Crippen LogP contribution in [-0.4, -0.2) is 28.9 Å². The van der Waals surface area contributed by atoms with Crippen molar-refractivity contribution in [1.29, 1.82) is 0 Å². The van der Waals surface area contributed by atoms with Crippen molar-refractivity contribution in [3.63, 3.8) is 0 Å². The van der Waals surface area contributed by atoms with Gasteiger partial charge < -0.3 is 10.0 Å². The third-order valence-electron chi connectivity index (χ3n) is 2.15. The average molecular weight is 255 g/mol. The van der Waals surface area contributed by atoms with E-state index >= 15 is 0 Å². The first-order valence-electron chi connectivity index (χ1n) is 5.00. The zero-order chi connectivity index (χ0) is 13.7. The highest BCUT2D eigenvalue weighted by atomic mass is 19.2. The first kappa shape index (κ1) is 13.8. The molecule has 0 heterocycles. The van der Waals surface area contributed by atoms with Gasteiger partial charge in [-0.25, -0.2) is 13.6 Å². The Hall–Kier alpha value is -2.24. The molecule has 1 aromatic carbocycles. The fraction of sp³-hybridized carbons (Fsp3) is 0.167. The van der Waals surface area contributed by atoms with Gasteiger partial charge in [0, 0.05) is 25.7 Å². The number of amides is 1. The highest BCUT2D eigenvalue weighted by Gasteiger charge is 2.08. The first-order valence-corrected chi connectivity index (χ1v) is 5.00. The van der Waals surface area contributed by atoms with Gasteiger partial charge in [0.1, 0.15) is 0 Å². The fourth-order valence-electron chi connectivity index (χ4n) is 1.26. The molecule has 1 aromatic rings. The van der Waals surface area contributed by atoms with Crippen LogP contribution in [0.25, 0.3) is 0 Å². The Bertz CT molecular complexity index is 500. The second-order valence-electron chi connectivity index (χ2n) is 3.61. The number of carbonyl (C=O) groups is 2. The van der Waals surface area contributed by atoms with E-state index in [-0.39, 0.29) is 6.54 Å². The second kappa shape index (κ2) is 5.90. The number of rotatable bonds is 4. The van der Waals surface area contributed by atoms with Gasteiger partial charge in [-0.05, 0) is 17.7 Å². The number of aliphatic carboxylic acids is 1. The van der Waals surface area contributed by atoms with E-state index in [9.17, 15) is 18.4 Å². The predicted molar refractivity (Wildman–Crippen MR) is 59.6 cm³/mol. The summed E-state index contributed by atoms with van der Waals surface area (Å²) in [5.41, 5.74) is 0.411. The van der Waals surface area contributed by atoms with Crippen LogP contribution in [0, 0.1) is 11.6 Å². The minimum atomic E-state index is -1.23. The summed E-state index contributed by atoms with van der Waals surface area (Å²) >= 11 is 0. The van der Waals surface area contributed by atoms with Crippen LogP contribution in [-0.2, 0) is 16.1 Å². The number of carboxylic acids is 1. The Kier molecular flexibility index (Phi) is 4.53. The van der Waals surface area contributed by atoms with Gasteiger partial charge in [0.05, 0.1) is 0 Å². The lowest BCUT2D eigenvalue weighted by Gasteiger charge is -2.15. The van der Waals surface area contributed by atoms with Gasteiger partial charge >= 0.3 is 5.97 Å². The maximum absolute atomic E-state index is 12.9. The molecule has 0 aliphatic carbocycles. The molecule has 18 heavy (non-hydrogen) atoms. The Balaban J connectivity index is 2.69. The number of nitrogens with zero attached hydrogens (tertiary/aromatic N) is 1. The smallest absolute Gasteiger partial charge is 0.328 e. The monoisotopic (exact) mass is 255 g/mol. The van der Waals surface area contributed by atoms with Gasteiger partial charge in [-0.3, -0.25) is 4.79 Å². The summed E-state index contributed by atoms with van der Waals surface area (Å²) in [5, 5.41) is 8.35. The molecule has 0 spiro atoms. The summed E-state index contributed by atoms with van der Waals surface area (Å²) < 4.78 is 25.6. The molecule has 0 aromatic heterocycles. The van der Waals surface area contributed by atoms with E-state index in [1.165, 1.54) is 18.0 Å². The molecule has 0 aliphatic heterocycles. The second-order valence-corrected chi connectivity index (χ2v) is 3.61. The predicted octanol–water partition coefficient (Wildman–Crippen LogP) is 1.56. The van der Waals surface area contributed by atoms with E-state index in [4.69, 9.17) is 5.11 Å². The SMILES string of the molecule is CN(Cc1ccc(F)c(F)c1)C(=O)/C=C/C(=O)O. The zero-order valence-electron chi connectivity index (χ0n) is 9.56. The Morgan fingerprint density at radius 2 is 1.94 bits per heavy atom. The lowest BCUT2D eigenvalue weighted by Crippen LogP contribution is -2.24. The molecule has 0 unspecified atom stereocenters. The van der Waals surface area contributed by atoms with E-state index in [1.807, 2.05) is 0 Å². The van der Waals surface area contributed by atoms with Gasteiger partial charge in [-0.1, -0.05) is 6.07 Å². The molecule has 0 aliphatic rings. The van der Waals surface area contributed by atoms with Gasteiger partial charge in [0.15, 0.2) is 11.6 Å². The number of hydrogen-bond donors (Lipinski definition) is 1. The number of benzene rings is 1. The van der Waals surface area contributed by atoms with Crippen LogP contribution in [0.3, 0.4) is 0 Å². The Morgan fingerprint density at radius 3 is 2.50 bits per heavy atom. The number of halogens is 2. The van der Waals surface area contributed by atoms with E-state index in [1.54, 1.807) is 0 Å². The normalized spacial score (nSPS) is 10.6. The van der Waals surface area contributed by atoms with Gasteiger partial charge in [0.2, 0.25) is 5.91 Å². The summed E-state index contributed by atoms with van der Waals surface area (Å²) in [6, 6.07) is 3.30. The molecule has 0 radical (unpaired) electrons. The summed E-state index contributed by atoms with van der Waals surface area (Å²) in [6.07, 6.45) is 1.60. The highest BCUT2D eigenvalue weighted by molar-refractivity contribution is 5.93. The molecule has 6 heteroatoms. The van der Waals surface area contributed by atoms with E-state index < -0.39 is 23.5 Å². The Labute approximate surface area is 102 Å². The molecule has 1 N–H and O–H groups in total. The van der Waals surface area contributed by atoms with Crippen molar-refractivity contribution in [2.75, 3.05) is 7.05 Å². The Morgan fingerprint density at radius 1 is 1.28 bits per heavy atom. The maximum atomic E-state index is 12.9. The van der Waals surface area contributed by atoms with Gasteiger partial charge in [-0.2, -0.15) is 0 Å². The topological polar surface area (TPSA) is 57.6 Å². The van der Waals surface area contributed by atoms with Crippen molar-refractivity contribution in [2.24, 2.45) is 0 Å². The largest absolute Gasteiger partial charge is 0.478 e. The molecule has 0 atom stereocenters. The molecular weight excluding hydrogens is 244 g/mol. The van der Waals surface area contributed by atoms with Crippen LogP contribution in [0.4, 0.5) is 8.78 Å². The van der Waals surface area contributed by atoms with Crippen molar-refractivity contribution in [1.82, 2.24) is 4.90 Å². The molecule has 0 fully saturated rings. The van der Waals surface area contributed by atoms with Crippen LogP contribution in [0.2, 0.25) is 0 Å². The summed E-state index contributed by atoms with van der Waals surface area (Å²) in [7, 11) is 1.43. The quantitative estimate of drug-likeness (QED) is 0.831. The summed E-state index contributed by atoms with van der Waals surface area (Å²) in [4.78, 5) is 22.8. The molecule has 96 valence electrons. The standard InChI is InChI=1S/C12H11F2NO3/c1-15(11(16)4-5-12(17)18)7-8-2-3-9(13)10(14)6-8/h2-6H,7H2,1H3,(H,17,18)/b5-4+. The molecule has 1 amide bonds. The van der Waals surface area contributed by atoms with Crippen LogP contribution in [0.1, 0.15) is 5.56 Å². The minimum absolute atomic E-state index is 0.0555. The van der Waals surface area contributed by atoms with Crippen molar-refractivity contribution in [3.05, 3.63) is 47.5 Å². The van der Waals surface area contributed by atoms with Crippen molar-refractivity contribution < 1.29 is 23.5 Å². The minimum Gasteiger partial charge on any atom is -0.478 e. The number of carbonyl (C=O) groups excluding carboxylic acids is 1. The van der Waals surface area contributed by atoms with Crippen LogP contribution >= 0.6 is 0 Å². The first-order chi connectivity index (χ1) is 8.40. The molecule has 1 rings (SSSR count). The van der Waals surface area contributed by atoms with Crippen LogP contribution in [0.5, 0.6) is 0 Å². The highest BCUT2D eigenvalue weighted by Crippen LogP contribution is 2.10. The third kappa shape index (κ3) is 3.97. The lowest BCUT2D eigenvalue weighted by molar-refractivity contribution is -0.132. The van der Waals surface area contributed by atoms with Crippen molar-refractivity contribution in [2.45, 2.75) is 6.54 Å². The van der Waals surface area contributed by atoms with Gasteiger partial charge in [-0.15, -0.1) is 0 Å². The fourth-order valence-corrected chi connectivity index (χ4v) is 1.26. The van der Waals surface area contributed by atoms with Crippen molar-refractivity contribution in [3.8, 4) is 0 Å². The number of likely N-dealkylation sites (N-methyl/N-ethyl adjacent to an activating group) is 1. The van der Waals surface area contributed by atoms with E-state index in [2.05, 4.69) is 0 Å². The number of carboxylic acid groups (broad SMARTS) is 1. The molecule has 0 saturated carbocycles. The molecule has 0 saturated heterocycles. The molecular formula is C12H11F2NO3. The van der Waals surface area contributed by atoms with E-state index in [0.717, 1.165) is 18.2 Å². The van der Waals surface area contributed by atoms with Gasteiger partial charge in [0.25, 0.3) is 0 Å². The molecule has 0 bridgehead atoms. The lowest BCUT2D eigenvalue weighted by atomic mass is 10.2. The molecule has 4 nitrogen and oxygen atoms in total. The average Bonchev–Trinajstić information content (AvgIpc) is 2.30. The summed E-state index contributed by atoms with van der Waals surface area (Å²) in [5.74, 6) is -3.72. The van der Waals surface area contributed by atoms with Crippen molar-refractivity contribution >= 4 is 11.9 Å². The van der Waals surface area contributed by atoms with Crippen LogP contribution < -0.4 is 0 Å². The number of hydrogen-bond acceptors (Lipinski definition) is 2. The van der Waals surface area contributed by atoms with E-state index in [0.29, 0.717) is 11.6 Å².